The summed E-state index contributed by atoms with van der Waals surface area (Å²) in [6.45, 7) is -0.226. The molecule has 0 fully saturated rings. The summed E-state index contributed by atoms with van der Waals surface area (Å²) in [5.74, 6) is 0. The van der Waals surface area contributed by atoms with E-state index >= 15 is 0 Å². The largest absolute Gasteiger partial charge is 0.311 e. The summed E-state index contributed by atoms with van der Waals surface area (Å²) >= 11 is 0. The first-order chi connectivity index (χ1) is 47.7. The highest BCUT2D eigenvalue weighted by Crippen LogP contribution is 2.52. The van der Waals surface area contributed by atoms with Gasteiger partial charge in [-0.05, 0) is 135 Å². The molecule has 0 saturated heterocycles. The van der Waals surface area contributed by atoms with Crippen LogP contribution < -0.4 is 26.2 Å². The van der Waals surface area contributed by atoms with E-state index in [1.165, 1.54) is 70.9 Å². The van der Waals surface area contributed by atoms with Gasteiger partial charge in [0, 0.05) is 77.6 Å². The average molecular weight is 1220 g/mol. The molecule has 2 aliphatic rings. The Kier molecular flexibility index (Phi) is 12.1. The van der Waals surface area contributed by atoms with E-state index in [-0.39, 0.29) is 6.71 Å². The Hall–Kier alpha value is -12.6. The Morgan fingerprint density at radius 3 is 1.17 bits per heavy atom. The van der Waals surface area contributed by atoms with Crippen molar-refractivity contribution in [2.24, 2.45) is 0 Å². The van der Waals surface area contributed by atoms with Gasteiger partial charge < -0.3 is 23.5 Å². The third-order valence-corrected chi connectivity index (χ3v) is 20.4. The van der Waals surface area contributed by atoms with Crippen LogP contribution in [0.2, 0.25) is 0 Å². The monoisotopic (exact) mass is 1220 g/mol. The van der Waals surface area contributed by atoms with Crippen LogP contribution in [-0.2, 0) is 0 Å². The van der Waals surface area contributed by atoms with E-state index in [0.29, 0.717) is 0 Å². The Morgan fingerprint density at radius 1 is 0.208 bits per heavy atom. The SMILES string of the molecule is c1ccc(-c2ccc(N3c4cc(-n5c6ccccc6c6ccccc65)ccc4B4c5ccc6c(c5N(c5cccc(-c7ccccc7)c5)c5cc(-n7c8ccccc8c8ccccc87)cc3c54)c3ccccc3n6-c3c(-c4ccccc4)cccc3-c3ccccc3)cc2)cc1. The highest BCUT2D eigenvalue weighted by atomic mass is 15.2. The van der Waals surface area contributed by atoms with Crippen LogP contribution in [0.15, 0.2) is 352 Å². The van der Waals surface area contributed by atoms with Gasteiger partial charge in [-0.3, -0.25) is 0 Å². The fourth-order valence-corrected chi connectivity index (χ4v) is 16.3. The van der Waals surface area contributed by atoms with Gasteiger partial charge in [-0.1, -0.05) is 267 Å². The molecule has 0 atom stereocenters. The summed E-state index contributed by atoms with van der Waals surface area (Å²) in [7, 11) is 0. The molecule has 0 unspecified atom stereocenters. The Labute approximate surface area is 556 Å². The van der Waals surface area contributed by atoms with Gasteiger partial charge in [0.15, 0.2) is 0 Å². The van der Waals surface area contributed by atoms with Crippen molar-refractivity contribution in [1.82, 2.24) is 13.7 Å². The van der Waals surface area contributed by atoms with Crippen molar-refractivity contribution in [3.63, 3.8) is 0 Å². The lowest BCUT2D eigenvalue weighted by molar-refractivity contribution is 1.15. The Bertz CT molecular complexity index is 5980. The predicted molar refractivity (Wildman–Crippen MR) is 405 cm³/mol. The maximum atomic E-state index is 2.66. The van der Waals surface area contributed by atoms with Crippen LogP contribution in [-0.4, -0.2) is 20.4 Å². The molecule has 0 spiro atoms. The number of hydrogen-bond donors (Lipinski definition) is 0. The number of benzene rings is 15. The zero-order chi connectivity index (χ0) is 63.0. The molecular formula is C90H58BN5. The molecule has 96 heavy (non-hydrogen) atoms. The maximum Gasteiger partial charge on any atom is 0.252 e. The number of nitrogens with zero attached hydrogens (tertiary/aromatic N) is 5. The fourth-order valence-electron chi connectivity index (χ4n) is 16.3. The maximum absolute atomic E-state index is 2.66. The summed E-state index contributed by atoms with van der Waals surface area (Å²) in [6, 6.07) is 131. The molecule has 3 aromatic heterocycles. The van der Waals surface area contributed by atoms with Crippen molar-refractivity contribution in [1.29, 1.82) is 0 Å². The van der Waals surface area contributed by atoms with Gasteiger partial charge in [-0.2, -0.15) is 0 Å². The molecule has 2 aliphatic heterocycles. The second-order valence-corrected chi connectivity index (χ2v) is 25.5. The number of aromatic nitrogens is 3. The molecule has 5 nitrogen and oxygen atoms in total. The van der Waals surface area contributed by atoms with Gasteiger partial charge in [-0.15, -0.1) is 0 Å². The highest BCUT2D eigenvalue weighted by Gasteiger charge is 2.45. The normalized spacial score (nSPS) is 12.5. The van der Waals surface area contributed by atoms with E-state index in [1.54, 1.807) is 0 Å². The molecule has 446 valence electrons. The second-order valence-electron chi connectivity index (χ2n) is 25.5. The van der Waals surface area contributed by atoms with Gasteiger partial charge in [0.25, 0.3) is 6.71 Å². The fraction of sp³-hybridized carbons (Fsp3) is 0. The van der Waals surface area contributed by atoms with Crippen LogP contribution in [0.1, 0.15) is 0 Å². The predicted octanol–water partition coefficient (Wildman–Crippen LogP) is 21.7. The third kappa shape index (κ3) is 8.12. The highest BCUT2D eigenvalue weighted by molar-refractivity contribution is 7.00. The molecule has 0 aliphatic carbocycles. The quantitative estimate of drug-likeness (QED) is 0.134. The Balaban J connectivity index is 0.950. The lowest BCUT2D eigenvalue weighted by atomic mass is 9.33. The first kappa shape index (κ1) is 54.0. The van der Waals surface area contributed by atoms with Crippen LogP contribution in [0.3, 0.4) is 0 Å². The van der Waals surface area contributed by atoms with E-state index in [9.17, 15) is 0 Å². The summed E-state index contributed by atoms with van der Waals surface area (Å²) < 4.78 is 7.57. The van der Waals surface area contributed by atoms with Gasteiger partial charge in [0.2, 0.25) is 0 Å². The van der Waals surface area contributed by atoms with Gasteiger partial charge >= 0.3 is 0 Å². The van der Waals surface area contributed by atoms with Crippen molar-refractivity contribution in [2.45, 2.75) is 0 Å². The van der Waals surface area contributed by atoms with E-state index in [0.717, 1.165) is 107 Å². The summed E-state index contributed by atoms with van der Waals surface area (Å²) in [6.07, 6.45) is 0. The molecular weight excluding hydrogens is 1160 g/mol. The lowest BCUT2D eigenvalue weighted by Crippen LogP contribution is -2.61. The average Bonchev–Trinajstić information content (AvgIpc) is 1.53. The van der Waals surface area contributed by atoms with Crippen molar-refractivity contribution in [2.75, 3.05) is 9.80 Å². The number of fused-ring (bicyclic) bond motifs is 14. The minimum atomic E-state index is -0.226. The van der Waals surface area contributed by atoms with Crippen molar-refractivity contribution >= 4 is 123 Å². The first-order valence-corrected chi connectivity index (χ1v) is 33.2. The number of para-hydroxylation sites is 6. The first-order valence-electron chi connectivity index (χ1n) is 33.2. The number of rotatable bonds is 9. The molecule has 0 N–H and O–H groups in total. The van der Waals surface area contributed by atoms with E-state index in [2.05, 4.69) is 375 Å². The lowest BCUT2D eigenvalue weighted by Gasteiger charge is -2.45. The van der Waals surface area contributed by atoms with Crippen LogP contribution in [0.4, 0.5) is 34.1 Å². The van der Waals surface area contributed by atoms with E-state index < -0.39 is 0 Å². The molecule has 0 saturated carbocycles. The van der Waals surface area contributed by atoms with Gasteiger partial charge in [-0.25, -0.2) is 0 Å². The molecule has 0 amide bonds. The standard InChI is InChI=1S/C90H58BN5/c1-5-25-59(26-6-1)61-47-49-65(50-48-61)92-84-56-67(93-78-42-18-13-35-71(78)72-36-14-19-43-79(72)93)51-52-76(84)91-77-53-54-83-87(75-39-17-22-46-82(75)96(83)89-69(62-29-9-3-10-30-62)40-24-41-70(89)63-31-11-4-12-32-63)90(77)95(66-34-23-33-64(55-66)60-27-7-2-8-28-60)86-58-68(57-85(92)88(86)91)94-80-44-20-15-37-73(80)74-38-16-21-45-81(74)94/h1-58H. The topological polar surface area (TPSA) is 21.3 Å². The second kappa shape index (κ2) is 21.5. The summed E-state index contributed by atoms with van der Waals surface area (Å²) in [4.78, 5) is 5.25. The van der Waals surface area contributed by atoms with Gasteiger partial charge in [0.1, 0.15) is 0 Å². The van der Waals surface area contributed by atoms with Crippen molar-refractivity contribution in [3.05, 3.63) is 352 Å². The van der Waals surface area contributed by atoms with Crippen LogP contribution in [0.5, 0.6) is 0 Å². The van der Waals surface area contributed by atoms with Crippen LogP contribution in [0.25, 0.3) is 127 Å². The molecule has 20 rings (SSSR count). The zero-order valence-corrected chi connectivity index (χ0v) is 52.3. The Morgan fingerprint density at radius 2 is 0.615 bits per heavy atom. The van der Waals surface area contributed by atoms with Gasteiger partial charge in [0.05, 0.1) is 50.2 Å². The molecule has 15 aromatic carbocycles. The van der Waals surface area contributed by atoms with E-state index in [1.807, 2.05) is 0 Å². The minimum Gasteiger partial charge on any atom is -0.311 e. The molecule has 5 heterocycles. The number of hydrogen-bond acceptors (Lipinski definition) is 2. The van der Waals surface area contributed by atoms with Crippen molar-refractivity contribution < 1.29 is 0 Å². The molecule has 6 heteroatoms. The number of anilines is 6. The molecule has 0 radical (unpaired) electrons. The summed E-state index contributed by atoms with van der Waals surface area (Å²) in [5, 5.41) is 7.25. The molecule has 0 bridgehead atoms. The summed E-state index contributed by atoms with van der Waals surface area (Å²) in [5.41, 5.74) is 29.9. The molecule has 18 aromatic rings. The van der Waals surface area contributed by atoms with Crippen LogP contribution in [0, 0.1) is 0 Å². The van der Waals surface area contributed by atoms with E-state index in [4.69, 9.17) is 0 Å². The van der Waals surface area contributed by atoms with Crippen LogP contribution >= 0.6 is 0 Å². The smallest absolute Gasteiger partial charge is 0.252 e. The zero-order valence-electron chi connectivity index (χ0n) is 52.3. The van der Waals surface area contributed by atoms with Crippen molar-refractivity contribution in [3.8, 4) is 61.6 Å². The third-order valence-electron chi connectivity index (χ3n) is 20.4. The minimum absolute atomic E-state index is 0.226.